The topological polar surface area (TPSA) is 154 Å². The molecule has 0 unspecified atom stereocenters. The number of hydrogen-bond acceptors (Lipinski definition) is 12. The van der Waals surface area contributed by atoms with E-state index in [4.69, 9.17) is 20.9 Å². The zero-order valence-corrected chi connectivity index (χ0v) is 32.6. The first kappa shape index (κ1) is 38.6. The van der Waals surface area contributed by atoms with E-state index in [1.54, 1.807) is 46.3 Å². The molecule has 56 heavy (non-hydrogen) atoms. The lowest BCUT2D eigenvalue weighted by molar-refractivity contribution is 0.00578. The Hall–Kier alpha value is -5.65. The van der Waals surface area contributed by atoms with E-state index in [9.17, 15) is 8.78 Å². The third kappa shape index (κ3) is 8.44. The number of nitrogens with one attached hydrogen (secondary N) is 4. The first-order valence-corrected chi connectivity index (χ1v) is 18.4. The largest absolute Gasteiger partial charge is 0.494 e. The molecule has 3 aliphatic heterocycles. The minimum Gasteiger partial charge on any atom is -0.399 e. The van der Waals surface area contributed by atoms with Crippen molar-refractivity contribution >= 4 is 59.1 Å². The summed E-state index contributed by atoms with van der Waals surface area (Å²) in [6.07, 6.45) is 8.30. The van der Waals surface area contributed by atoms with Crippen molar-refractivity contribution in [3.05, 3.63) is 101 Å². The van der Waals surface area contributed by atoms with Gasteiger partial charge in [0.15, 0.2) is 0 Å². The van der Waals surface area contributed by atoms with Crippen molar-refractivity contribution in [3.63, 3.8) is 0 Å². The lowest BCUT2D eigenvalue weighted by Crippen LogP contribution is -2.41. The summed E-state index contributed by atoms with van der Waals surface area (Å²) in [6.45, 7) is 9.55. The normalized spacial score (nSPS) is 15.7. The number of halogens is 3. The second kappa shape index (κ2) is 15.8. The van der Waals surface area contributed by atoms with Gasteiger partial charge in [-0.2, -0.15) is 10.2 Å². The number of benzene rings is 2. The van der Waals surface area contributed by atoms with E-state index in [0.717, 1.165) is 59.7 Å². The molecule has 7 heterocycles. The summed E-state index contributed by atoms with van der Waals surface area (Å²) >= 11 is 5.71. The molecule has 0 bridgehead atoms. The molecule has 0 saturated carbocycles. The van der Waals surface area contributed by atoms with Gasteiger partial charge in [0.1, 0.15) is 28.4 Å². The average molecular weight is 783 g/mol. The molecule has 0 aliphatic carbocycles. The summed E-state index contributed by atoms with van der Waals surface area (Å²) in [5, 5.41) is 20.7. The molecule has 0 spiro atoms. The first-order valence-electron chi connectivity index (χ1n) is 18.1. The van der Waals surface area contributed by atoms with Gasteiger partial charge >= 0.3 is 7.12 Å². The molecule has 1 saturated heterocycles. The molecular formula is C38H42BClF2N12O2. The Balaban J connectivity index is 0.000000133. The number of rotatable bonds is 6. The highest BCUT2D eigenvalue weighted by Gasteiger charge is 2.52. The molecule has 3 aliphatic rings. The zero-order valence-electron chi connectivity index (χ0n) is 31.9. The molecule has 2 aromatic carbocycles. The van der Waals surface area contributed by atoms with Crippen LogP contribution in [0.4, 0.5) is 43.7 Å². The predicted octanol–water partition coefficient (Wildman–Crippen LogP) is 6.43. The van der Waals surface area contributed by atoms with Crippen LogP contribution in [0, 0.1) is 11.6 Å². The summed E-state index contributed by atoms with van der Waals surface area (Å²) in [5.74, 6) is 2.04. The molecule has 14 nitrogen and oxygen atoms in total. The van der Waals surface area contributed by atoms with Crippen molar-refractivity contribution in [2.75, 3.05) is 34.4 Å². The molecule has 4 N–H and O–H groups in total. The van der Waals surface area contributed by atoms with Crippen LogP contribution in [0.3, 0.4) is 0 Å². The molecule has 9 rings (SSSR count). The Morgan fingerprint density at radius 2 is 1.25 bits per heavy atom. The van der Waals surface area contributed by atoms with Gasteiger partial charge < -0.3 is 30.6 Å². The molecule has 1 fully saturated rings. The minimum absolute atomic E-state index is 0.222. The fraction of sp³-hybridized carbons (Fsp3) is 0.316. The van der Waals surface area contributed by atoms with Crippen LogP contribution >= 0.6 is 11.6 Å². The van der Waals surface area contributed by atoms with Gasteiger partial charge in [0.05, 0.1) is 40.7 Å². The third-order valence-corrected chi connectivity index (χ3v) is 10.2. The van der Waals surface area contributed by atoms with Gasteiger partial charge in [-0.25, -0.2) is 28.7 Å². The molecule has 4 aromatic heterocycles. The highest BCUT2D eigenvalue weighted by atomic mass is 35.5. The highest BCUT2D eigenvalue weighted by molar-refractivity contribution is 6.62. The van der Waals surface area contributed by atoms with Gasteiger partial charge in [-0.05, 0) is 87.5 Å². The second-order valence-electron chi connectivity index (χ2n) is 14.4. The first-order chi connectivity index (χ1) is 26.8. The van der Waals surface area contributed by atoms with Crippen LogP contribution in [0.5, 0.6) is 0 Å². The Morgan fingerprint density at radius 3 is 1.80 bits per heavy atom. The predicted molar refractivity (Wildman–Crippen MR) is 214 cm³/mol. The van der Waals surface area contributed by atoms with Crippen molar-refractivity contribution in [2.45, 2.75) is 51.7 Å². The number of fused-ring (bicyclic) bond motifs is 2. The number of anilines is 6. The van der Waals surface area contributed by atoms with Gasteiger partial charge in [-0.1, -0.05) is 17.7 Å². The smallest absolute Gasteiger partial charge is 0.399 e. The van der Waals surface area contributed by atoms with Crippen LogP contribution in [-0.2, 0) is 36.2 Å². The summed E-state index contributed by atoms with van der Waals surface area (Å²) in [5.41, 5.74) is 4.62. The van der Waals surface area contributed by atoms with Crippen molar-refractivity contribution in [3.8, 4) is 11.3 Å². The maximum atomic E-state index is 14.2. The van der Waals surface area contributed by atoms with Crippen LogP contribution < -0.4 is 26.7 Å². The monoisotopic (exact) mass is 782 g/mol. The minimum atomic E-state index is -0.495. The van der Waals surface area contributed by atoms with E-state index in [2.05, 4.69) is 51.4 Å². The molecule has 0 radical (unpaired) electrons. The molecular weight excluding hydrogens is 741 g/mol. The summed E-state index contributed by atoms with van der Waals surface area (Å²) in [4.78, 5) is 16.7. The lowest BCUT2D eigenvalue weighted by Gasteiger charge is -2.32. The number of hydrogen-bond donors (Lipinski definition) is 4. The fourth-order valence-electron chi connectivity index (χ4n) is 6.25. The number of aromatic nitrogens is 8. The lowest BCUT2D eigenvalue weighted by atomic mass is 9.78. The van der Waals surface area contributed by atoms with Crippen molar-refractivity contribution in [2.24, 2.45) is 14.1 Å². The molecule has 290 valence electrons. The van der Waals surface area contributed by atoms with E-state index in [0.29, 0.717) is 34.1 Å². The maximum Gasteiger partial charge on any atom is 0.494 e. The van der Waals surface area contributed by atoms with Gasteiger partial charge in [-0.3, -0.25) is 9.36 Å². The maximum absolute atomic E-state index is 14.2. The van der Waals surface area contributed by atoms with Gasteiger partial charge in [0, 0.05) is 57.3 Å². The average Bonchev–Trinajstić information content (AvgIpc) is 4.00. The Morgan fingerprint density at radius 1 is 0.714 bits per heavy atom. The SMILES string of the molecule is CC1(C)OB(c2cc(F)c3c(c2)CCN3)OC1(C)C.Cn1nccc1Nc1nccc(-c2cc(F)c3c(c2)CCN3)n1.Cn1nccc1Nc1nccc(Cl)n1. The van der Waals surface area contributed by atoms with E-state index in [1.165, 1.54) is 12.1 Å². The highest BCUT2D eigenvalue weighted by Crippen LogP contribution is 2.37. The van der Waals surface area contributed by atoms with E-state index >= 15 is 0 Å². The van der Waals surface area contributed by atoms with Crippen molar-refractivity contribution in [1.82, 2.24) is 39.5 Å². The standard InChI is InChI=1S/C16H15FN6.C14H19BFNO2.C8H8ClN5/c1-23-14(4-7-20-23)22-16-19-6-3-13(21-16)11-8-10-2-5-18-15(10)12(17)9-11;1-13(2)14(3,4)19-15(18-13)10-7-9-5-6-17-12(9)11(16)8-10;1-14-7(3-5-11-14)13-8-10-4-2-6(9)12-8/h3-4,6-9,18H,2,5H2,1H3,(H,19,21,22);7-8,17H,5-6H2,1-4H3;2-5H,1H3,(H,10,12,13). The number of aryl methyl sites for hydroxylation is 2. The van der Waals surface area contributed by atoms with E-state index < -0.39 is 18.3 Å². The van der Waals surface area contributed by atoms with Crippen molar-refractivity contribution < 1.29 is 18.1 Å². The molecule has 6 aromatic rings. The third-order valence-electron chi connectivity index (χ3n) is 9.98. The van der Waals surface area contributed by atoms with Crippen LogP contribution in [0.2, 0.25) is 5.15 Å². The van der Waals surface area contributed by atoms with Crippen LogP contribution in [0.15, 0.2) is 73.3 Å². The number of nitrogens with zero attached hydrogens (tertiary/aromatic N) is 8. The van der Waals surface area contributed by atoms with Crippen molar-refractivity contribution in [1.29, 1.82) is 0 Å². The summed E-state index contributed by atoms with van der Waals surface area (Å²) in [6, 6.07) is 14.0. The van der Waals surface area contributed by atoms with Crippen LogP contribution in [0.1, 0.15) is 38.8 Å². The quantitative estimate of drug-likeness (QED) is 0.109. The Bertz CT molecular complexity index is 2340. The molecule has 18 heteroatoms. The Labute approximate surface area is 328 Å². The Kier molecular flexibility index (Phi) is 10.9. The fourth-order valence-corrected chi connectivity index (χ4v) is 6.38. The van der Waals surface area contributed by atoms with Gasteiger partial charge in [-0.15, -0.1) is 0 Å². The molecule has 0 amide bonds. The van der Waals surface area contributed by atoms with Crippen LogP contribution in [0.25, 0.3) is 11.3 Å². The summed E-state index contributed by atoms with van der Waals surface area (Å²) < 4.78 is 43.5. The summed E-state index contributed by atoms with van der Waals surface area (Å²) in [7, 11) is 3.16. The van der Waals surface area contributed by atoms with E-state index in [-0.39, 0.29) is 11.6 Å². The second-order valence-corrected chi connectivity index (χ2v) is 14.8. The zero-order chi connectivity index (χ0) is 39.6. The van der Waals surface area contributed by atoms with E-state index in [1.807, 2.05) is 66.1 Å². The van der Waals surface area contributed by atoms with Gasteiger partial charge in [0.2, 0.25) is 11.9 Å². The van der Waals surface area contributed by atoms with Crippen LogP contribution in [-0.4, -0.2) is 70.9 Å². The van der Waals surface area contributed by atoms with Gasteiger partial charge in [0.25, 0.3) is 0 Å². The molecule has 0 atom stereocenters.